The van der Waals surface area contributed by atoms with Crippen LogP contribution in [0.5, 0.6) is 0 Å². The number of carbonyl (C=O) groups is 2. The average Bonchev–Trinajstić information content (AvgIpc) is 2.59. The molecule has 0 radical (unpaired) electrons. The van der Waals surface area contributed by atoms with Crippen LogP contribution in [0.1, 0.15) is 54.8 Å². The molecule has 0 aliphatic rings. The van der Waals surface area contributed by atoms with E-state index in [4.69, 9.17) is 5.73 Å². The van der Waals surface area contributed by atoms with E-state index in [2.05, 4.69) is 13.8 Å². The fourth-order valence-corrected chi connectivity index (χ4v) is 2.45. The van der Waals surface area contributed by atoms with E-state index in [0.29, 0.717) is 36.7 Å². The van der Waals surface area contributed by atoms with Gasteiger partial charge in [0.1, 0.15) is 0 Å². The van der Waals surface area contributed by atoms with Crippen molar-refractivity contribution < 1.29 is 9.59 Å². The van der Waals surface area contributed by atoms with Gasteiger partial charge in [-0.15, -0.1) is 0 Å². The Morgan fingerprint density at radius 1 is 1.00 bits per heavy atom. The van der Waals surface area contributed by atoms with E-state index in [-0.39, 0.29) is 17.9 Å². The number of rotatable bonds is 8. The first-order chi connectivity index (χ1) is 11.3. The molecule has 1 unspecified atom stereocenters. The Labute approximate surface area is 145 Å². The van der Waals surface area contributed by atoms with Crippen molar-refractivity contribution in [3.05, 3.63) is 35.4 Å². The molecule has 0 aliphatic carbocycles. The predicted molar refractivity (Wildman–Crippen MR) is 98.1 cm³/mol. The first-order valence-electron chi connectivity index (χ1n) is 8.72. The molecule has 2 amide bonds. The highest BCUT2D eigenvalue weighted by molar-refractivity contribution is 5.97. The second-order valence-electron chi connectivity index (χ2n) is 6.48. The molecule has 2 N–H and O–H groups in total. The maximum atomic E-state index is 12.4. The third kappa shape index (κ3) is 5.34. The summed E-state index contributed by atoms with van der Waals surface area (Å²) < 4.78 is 0. The molecule has 0 spiro atoms. The van der Waals surface area contributed by atoms with Crippen LogP contribution in [0, 0.1) is 5.92 Å². The molecule has 1 aromatic carbocycles. The number of carbonyl (C=O) groups excluding carboxylic acids is 2. The highest BCUT2D eigenvalue weighted by Crippen LogP contribution is 2.11. The number of nitrogens with zero attached hydrogens (tertiary/aromatic N) is 2. The van der Waals surface area contributed by atoms with Gasteiger partial charge in [0, 0.05) is 43.9 Å². The van der Waals surface area contributed by atoms with Crippen LogP contribution in [0.4, 0.5) is 0 Å². The van der Waals surface area contributed by atoms with Crippen LogP contribution in [-0.4, -0.2) is 54.3 Å². The minimum atomic E-state index is -0.0483. The predicted octanol–water partition coefficient (Wildman–Crippen LogP) is 2.61. The molecule has 0 aromatic heterocycles. The molecule has 5 heteroatoms. The molecule has 1 atom stereocenters. The highest BCUT2D eigenvalue weighted by Gasteiger charge is 2.16. The van der Waals surface area contributed by atoms with Crippen molar-refractivity contribution in [2.75, 3.05) is 26.7 Å². The minimum absolute atomic E-state index is 0.00439. The molecule has 0 bridgehead atoms. The Hall–Kier alpha value is -1.88. The zero-order chi connectivity index (χ0) is 18.3. The van der Waals surface area contributed by atoms with Gasteiger partial charge in [0.25, 0.3) is 11.8 Å². The van der Waals surface area contributed by atoms with Crippen LogP contribution in [0.3, 0.4) is 0 Å². The molecule has 0 saturated carbocycles. The van der Waals surface area contributed by atoms with Crippen molar-refractivity contribution in [1.82, 2.24) is 9.80 Å². The zero-order valence-corrected chi connectivity index (χ0v) is 15.6. The largest absolute Gasteiger partial charge is 0.342 e. The lowest BCUT2D eigenvalue weighted by molar-refractivity contribution is 0.0766. The summed E-state index contributed by atoms with van der Waals surface area (Å²) in [6.07, 6.45) is 0.776. The second kappa shape index (κ2) is 9.42. The topological polar surface area (TPSA) is 66.6 Å². The Balaban J connectivity index is 2.71. The summed E-state index contributed by atoms with van der Waals surface area (Å²) in [6.45, 7) is 10.0. The molecule has 5 nitrogen and oxygen atoms in total. The van der Waals surface area contributed by atoms with Crippen LogP contribution >= 0.6 is 0 Å². The number of nitrogens with two attached hydrogens (primary N) is 1. The van der Waals surface area contributed by atoms with Gasteiger partial charge in [-0.1, -0.05) is 13.8 Å². The maximum absolute atomic E-state index is 12.4. The number of hydrogen-bond acceptors (Lipinski definition) is 3. The van der Waals surface area contributed by atoms with Gasteiger partial charge < -0.3 is 15.5 Å². The van der Waals surface area contributed by atoms with Gasteiger partial charge in [0.15, 0.2) is 0 Å². The van der Waals surface area contributed by atoms with E-state index < -0.39 is 0 Å². The summed E-state index contributed by atoms with van der Waals surface area (Å²) in [7, 11) is 1.78. The van der Waals surface area contributed by atoms with Gasteiger partial charge in [-0.25, -0.2) is 0 Å². The van der Waals surface area contributed by atoms with E-state index in [1.54, 1.807) is 41.1 Å². The van der Waals surface area contributed by atoms with Gasteiger partial charge in [0.05, 0.1) is 0 Å². The molecule has 1 aromatic rings. The monoisotopic (exact) mass is 333 g/mol. The van der Waals surface area contributed by atoms with Gasteiger partial charge in [-0.05, 0) is 50.5 Å². The average molecular weight is 333 g/mol. The Morgan fingerprint density at radius 2 is 1.46 bits per heavy atom. The first-order valence-corrected chi connectivity index (χ1v) is 8.72. The first kappa shape index (κ1) is 20.2. The maximum Gasteiger partial charge on any atom is 0.253 e. The highest BCUT2D eigenvalue weighted by atomic mass is 16.2. The van der Waals surface area contributed by atoms with Crippen LogP contribution in [0.25, 0.3) is 0 Å². The quantitative estimate of drug-likeness (QED) is 0.795. The summed E-state index contributed by atoms with van der Waals surface area (Å²) in [5, 5.41) is 0. The van der Waals surface area contributed by atoms with Gasteiger partial charge in [-0.2, -0.15) is 0 Å². The summed E-state index contributed by atoms with van der Waals surface area (Å²) in [5.74, 6) is 0.349. The fraction of sp³-hybridized carbons (Fsp3) is 0.579. The number of hydrogen-bond donors (Lipinski definition) is 1. The Bertz CT molecular complexity index is 536. The van der Waals surface area contributed by atoms with Crippen molar-refractivity contribution >= 4 is 11.8 Å². The van der Waals surface area contributed by atoms with Crippen LogP contribution < -0.4 is 5.73 Å². The fourth-order valence-electron chi connectivity index (χ4n) is 2.45. The summed E-state index contributed by atoms with van der Waals surface area (Å²) in [6, 6.07) is 6.98. The lowest BCUT2D eigenvalue weighted by Crippen LogP contribution is -2.34. The van der Waals surface area contributed by atoms with Gasteiger partial charge in [-0.3, -0.25) is 9.59 Å². The van der Waals surface area contributed by atoms with E-state index in [1.165, 1.54) is 0 Å². The number of amides is 2. The third-order valence-electron chi connectivity index (χ3n) is 4.43. The molecule has 0 saturated heterocycles. The summed E-state index contributed by atoms with van der Waals surface area (Å²) >= 11 is 0. The van der Waals surface area contributed by atoms with Crippen molar-refractivity contribution in [3.8, 4) is 0 Å². The Morgan fingerprint density at radius 3 is 1.88 bits per heavy atom. The summed E-state index contributed by atoms with van der Waals surface area (Å²) in [5.41, 5.74) is 7.23. The Kier molecular flexibility index (Phi) is 7.92. The van der Waals surface area contributed by atoms with Gasteiger partial charge >= 0.3 is 0 Å². The van der Waals surface area contributed by atoms with Crippen molar-refractivity contribution in [1.29, 1.82) is 0 Å². The molecular formula is C19H31N3O2. The van der Waals surface area contributed by atoms with E-state index in [1.807, 2.05) is 13.8 Å². The van der Waals surface area contributed by atoms with E-state index >= 15 is 0 Å². The summed E-state index contributed by atoms with van der Waals surface area (Å²) in [4.78, 5) is 28.2. The van der Waals surface area contributed by atoms with Crippen molar-refractivity contribution in [3.63, 3.8) is 0 Å². The molecular weight excluding hydrogens is 302 g/mol. The number of benzene rings is 1. The smallest absolute Gasteiger partial charge is 0.253 e. The van der Waals surface area contributed by atoms with Crippen molar-refractivity contribution in [2.45, 2.75) is 40.2 Å². The van der Waals surface area contributed by atoms with Crippen molar-refractivity contribution in [2.24, 2.45) is 11.7 Å². The zero-order valence-electron chi connectivity index (χ0n) is 15.6. The van der Waals surface area contributed by atoms with E-state index in [9.17, 15) is 9.59 Å². The normalized spacial score (nSPS) is 12.1. The van der Waals surface area contributed by atoms with Crippen LogP contribution in [0.15, 0.2) is 24.3 Å². The minimum Gasteiger partial charge on any atom is -0.342 e. The second-order valence-corrected chi connectivity index (χ2v) is 6.48. The molecule has 0 fully saturated rings. The SMILES string of the molecule is CCN(CC)C(=O)c1ccc(C(=O)N(C)CCC(N)C(C)C)cc1. The lowest BCUT2D eigenvalue weighted by atomic mass is 10.0. The van der Waals surface area contributed by atoms with E-state index in [0.717, 1.165) is 6.42 Å². The van der Waals surface area contributed by atoms with Crippen LogP contribution in [-0.2, 0) is 0 Å². The molecule has 1 rings (SSSR count). The van der Waals surface area contributed by atoms with Crippen LogP contribution in [0.2, 0.25) is 0 Å². The van der Waals surface area contributed by atoms with Gasteiger partial charge in [0.2, 0.25) is 0 Å². The third-order valence-corrected chi connectivity index (χ3v) is 4.43. The molecule has 134 valence electrons. The molecule has 24 heavy (non-hydrogen) atoms. The molecule has 0 aliphatic heterocycles. The molecule has 0 heterocycles. The standard InChI is InChI=1S/C19H31N3O2/c1-6-22(7-2)19(24)16-10-8-15(9-11-16)18(23)21(5)13-12-17(20)14(3)4/h8-11,14,17H,6-7,12-13,20H2,1-5H3. The lowest BCUT2D eigenvalue weighted by Gasteiger charge is -2.22.